The van der Waals surface area contributed by atoms with Crippen LogP contribution in [0.25, 0.3) is 10.9 Å². The minimum absolute atomic E-state index is 0.0510. The Morgan fingerprint density at radius 2 is 2.13 bits per heavy atom. The third-order valence-electron chi connectivity index (χ3n) is 2.10. The molecule has 0 aliphatic heterocycles. The van der Waals surface area contributed by atoms with E-state index < -0.39 is 0 Å². The molecule has 78 valence electrons. The van der Waals surface area contributed by atoms with Crippen molar-refractivity contribution >= 4 is 42.8 Å². The van der Waals surface area contributed by atoms with Crippen LogP contribution in [0.15, 0.2) is 23.0 Å². The molecule has 1 heterocycles. The van der Waals surface area contributed by atoms with Crippen LogP contribution in [-0.4, -0.2) is 9.97 Å². The quantitative estimate of drug-likeness (QED) is 0.816. The van der Waals surface area contributed by atoms with Crippen LogP contribution in [0.3, 0.4) is 0 Å². The minimum atomic E-state index is -0.0972. The number of hydrogen-bond acceptors (Lipinski definition) is 2. The lowest BCUT2D eigenvalue weighted by Crippen LogP contribution is -2.09. The predicted molar refractivity (Wildman–Crippen MR) is 67.7 cm³/mol. The Morgan fingerprint density at radius 3 is 2.80 bits per heavy atom. The van der Waals surface area contributed by atoms with Gasteiger partial charge in [0, 0.05) is 0 Å². The maximum atomic E-state index is 11.6. The lowest BCUT2D eigenvalue weighted by atomic mass is 10.2. The second-order valence-corrected chi connectivity index (χ2v) is 6.29. The molecule has 15 heavy (non-hydrogen) atoms. The van der Waals surface area contributed by atoms with Gasteiger partial charge in [0.1, 0.15) is 5.82 Å². The van der Waals surface area contributed by atoms with Gasteiger partial charge in [0.05, 0.1) is 14.6 Å². The molecule has 2 aromatic rings. The Labute approximate surface area is 103 Å². The van der Waals surface area contributed by atoms with E-state index in [-0.39, 0.29) is 9.30 Å². The zero-order chi connectivity index (χ0) is 11.0. The average Bonchev–Trinajstić information content (AvgIpc) is 2.16. The summed E-state index contributed by atoms with van der Waals surface area (Å²) in [6.45, 7) is 1.77. The molecular weight excluding hydrogens is 324 g/mol. The third-order valence-corrected chi connectivity index (χ3v) is 3.16. The molecule has 3 nitrogen and oxygen atoms in total. The summed E-state index contributed by atoms with van der Waals surface area (Å²) in [5.74, 6) is 0.634. The highest BCUT2D eigenvalue weighted by Crippen LogP contribution is 2.29. The fourth-order valence-corrected chi connectivity index (χ4v) is 1.98. The molecule has 1 aromatic carbocycles. The number of halogens is 2. The van der Waals surface area contributed by atoms with Crippen molar-refractivity contribution in [3.8, 4) is 0 Å². The topological polar surface area (TPSA) is 45.8 Å². The van der Waals surface area contributed by atoms with Gasteiger partial charge in [-0.15, -0.1) is 0 Å². The first kappa shape index (κ1) is 10.8. The SMILES string of the molecule is Cc1nc2ccc(C(Br)Br)cc2c(=O)[nH]1. The monoisotopic (exact) mass is 330 g/mol. The zero-order valence-corrected chi connectivity index (χ0v) is 11.1. The van der Waals surface area contributed by atoms with Crippen LogP contribution in [-0.2, 0) is 0 Å². The summed E-state index contributed by atoms with van der Waals surface area (Å²) >= 11 is 6.78. The van der Waals surface area contributed by atoms with Crippen LogP contribution in [0.4, 0.5) is 0 Å². The van der Waals surface area contributed by atoms with Crippen molar-refractivity contribution in [3.63, 3.8) is 0 Å². The van der Waals surface area contributed by atoms with Gasteiger partial charge in [-0.2, -0.15) is 0 Å². The standard InChI is InChI=1S/C10H8Br2N2O/c1-5-13-8-3-2-6(9(11)12)4-7(8)10(15)14-5/h2-4,9H,1H3,(H,13,14,15). The first-order chi connectivity index (χ1) is 7.08. The maximum absolute atomic E-state index is 11.6. The Hall–Kier alpha value is -0.680. The van der Waals surface area contributed by atoms with Crippen LogP contribution < -0.4 is 5.56 Å². The van der Waals surface area contributed by atoms with Gasteiger partial charge in [-0.05, 0) is 24.6 Å². The summed E-state index contributed by atoms with van der Waals surface area (Å²) in [7, 11) is 0. The number of aryl methyl sites for hydroxylation is 1. The Bertz CT molecular complexity index is 563. The third kappa shape index (κ3) is 2.13. The summed E-state index contributed by atoms with van der Waals surface area (Å²) in [5, 5.41) is 0.613. The Kier molecular flexibility index (Phi) is 2.93. The van der Waals surface area contributed by atoms with Crippen LogP contribution in [0, 0.1) is 6.92 Å². The number of aromatic nitrogens is 2. The van der Waals surface area contributed by atoms with Gasteiger partial charge in [0.25, 0.3) is 5.56 Å². The molecule has 0 amide bonds. The van der Waals surface area contributed by atoms with E-state index in [1.54, 1.807) is 6.92 Å². The van der Waals surface area contributed by atoms with E-state index >= 15 is 0 Å². The van der Waals surface area contributed by atoms with Crippen molar-refractivity contribution in [1.29, 1.82) is 0 Å². The normalized spacial score (nSPS) is 11.2. The Balaban J connectivity index is 2.77. The molecule has 0 aliphatic rings. The summed E-state index contributed by atoms with van der Waals surface area (Å²) in [6.07, 6.45) is 0. The van der Waals surface area contributed by atoms with Crippen molar-refractivity contribution in [2.75, 3.05) is 0 Å². The summed E-state index contributed by atoms with van der Waals surface area (Å²) in [4.78, 5) is 18.6. The first-order valence-corrected chi connectivity index (χ1v) is 6.20. The first-order valence-electron chi connectivity index (χ1n) is 4.36. The summed E-state index contributed by atoms with van der Waals surface area (Å²) in [6, 6.07) is 5.61. The molecule has 0 unspecified atom stereocenters. The van der Waals surface area contributed by atoms with E-state index in [1.165, 1.54) is 0 Å². The largest absolute Gasteiger partial charge is 0.310 e. The number of nitrogens with one attached hydrogen (secondary N) is 1. The fraction of sp³-hybridized carbons (Fsp3) is 0.200. The van der Waals surface area contributed by atoms with E-state index in [2.05, 4.69) is 41.8 Å². The van der Waals surface area contributed by atoms with Crippen LogP contribution in [0.1, 0.15) is 15.1 Å². The zero-order valence-electron chi connectivity index (χ0n) is 7.92. The van der Waals surface area contributed by atoms with Gasteiger partial charge in [0.2, 0.25) is 0 Å². The van der Waals surface area contributed by atoms with Gasteiger partial charge in [-0.3, -0.25) is 4.79 Å². The fourth-order valence-electron chi connectivity index (χ4n) is 1.41. The van der Waals surface area contributed by atoms with E-state index in [0.29, 0.717) is 11.2 Å². The van der Waals surface area contributed by atoms with Crippen molar-refractivity contribution in [2.24, 2.45) is 0 Å². The van der Waals surface area contributed by atoms with Crippen molar-refractivity contribution in [3.05, 3.63) is 39.9 Å². The van der Waals surface area contributed by atoms with E-state index in [0.717, 1.165) is 11.1 Å². The highest BCUT2D eigenvalue weighted by Gasteiger charge is 2.06. The predicted octanol–water partition coefficient (Wildman–Crippen LogP) is 3.02. The second-order valence-electron chi connectivity index (χ2n) is 3.23. The molecule has 0 aliphatic carbocycles. The van der Waals surface area contributed by atoms with Crippen molar-refractivity contribution in [1.82, 2.24) is 9.97 Å². The molecule has 2 rings (SSSR count). The molecule has 0 atom stereocenters. The number of fused-ring (bicyclic) bond motifs is 1. The van der Waals surface area contributed by atoms with E-state index in [4.69, 9.17) is 0 Å². The van der Waals surface area contributed by atoms with Gasteiger partial charge in [-0.1, -0.05) is 37.9 Å². The van der Waals surface area contributed by atoms with Crippen LogP contribution in [0.5, 0.6) is 0 Å². The average molecular weight is 332 g/mol. The lowest BCUT2D eigenvalue weighted by Gasteiger charge is -2.03. The number of benzene rings is 1. The molecule has 0 saturated carbocycles. The van der Waals surface area contributed by atoms with Crippen LogP contribution in [0.2, 0.25) is 0 Å². The number of hydrogen-bond donors (Lipinski definition) is 1. The summed E-state index contributed by atoms with van der Waals surface area (Å²) < 4.78 is 0.0510. The molecule has 1 aromatic heterocycles. The van der Waals surface area contributed by atoms with Crippen LogP contribution >= 0.6 is 31.9 Å². The summed E-state index contributed by atoms with van der Waals surface area (Å²) in [5.41, 5.74) is 1.62. The van der Waals surface area contributed by atoms with Crippen molar-refractivity contribution in [2.45, 2.75) is 10.7 Å². The van der Waals surface area contributed by atoms with Crippen molar-refractivity contribution < 1.29 is 0 Å². The molecule has 0 radical (unpaired) electrons. The highest BCUT2D eigenvalue weighted by molar-refractivity contribution is 9.24. The number of rotatable bonds is 1. The molecular formula is C10H8Br2N2O. The number of H-pyrrole nitrogens is 1. The maximum Gasteiger partial charge on any atom is 0.258 e. The molecule has 0 spiro atoms. The second kappa shape index (κ2) is 4.06. The molecule has 0 bridgehead atoms. The molecule has 0 fully saturated rings. The molecule has 5 heteroatoms. The smallest absolute Gasteiger partial charge is 0.258 e. The number of nitrogens with zero attached hydrogens (tertiary/aromatic N) is 1. The number of alkyl halides is 2. The van der Waals surface area contributed by atoms with Gasteiger partial charge in [-0.25, -0.2) is 4.98 Å². The van der Waals surface area contributed by atoms with Gasteiger partial charge in [0.15, 0.2) is 0 Å². The lowest BCUT2D eigenvalue weighted by molar-refractivity contribution is 1.06. The van der Waals surface area contributed by atoms with E-state index in [1.807, 2.05) is 18.2 Å². The number of aromatic amines is 1. The minimum Gasteiger partial charge on any atom is -0.310 e. The molecule has 1 N–H and O–H groups in total. The molecule has 0 saturated heterocycles. The van der Waals surface area contributed by atoms with E-state index in [9.17, 15) is 4.79 Å². The Morgan fingerprint density at radius 1 is 1.40 bits per heavy atom. The highest BCUT2D eigenvalue weighted by atomic mass is 79.9. The van der Waals surface area contributed by atoms with Gasteiger partial charge < -0.3 is 4.98 Å². The van der Waals surface area contributed by atoms with Gasteiger partial charge >= 0.3 is 0 Å².